The number of hydrogen-bond acceptors (Lipinski definition) is 7. The number of carbonyl (C=O) groups excluding carboxylic acids is 2. The van der Waals surface area contributed by atoms with E-state index in [9.17, 15) is 18.0 Å². The quantitative estimate of drug-likeness (QED) is 0.0749. The van der Waals surface area contributed by atoms with Crippen molar-refractivity contribution in [1.82, 2.24) is 4.98 Å². The number of rotatable bonds is 12. The van der Waals surface area contributed by atoms with Gasteiger partial charge in [0.25, 0.3) is 15.9 Å². The van der Waals surface area contributed by atoms with E-state index >= 15 is 0 Å². The zero-order chi connectivity index (χ0) is 33.5. The average molecular weight is 659 g/mol. The van der Waals surface area contributed by atoms with E-state index in [0.717, 1.165) is 21.9 Å². The van der Waals surface area contributed by atoms with Crippen LogP contribution in [0.15, 0.2) is 132 Å². The molecule has 48 heavy (non-hydrogen) atoms. The summed E-state index contributed by atoms with van der Waals surface area (Å²) in [5.74, 6) is -0.422. The number of carbonyl (C=O) groups is 2. The molecule has 6 rings (SSSR count). The Bertz CT molecular complexity index is 2110. The standard InChI is InChI=1S/C39H34N2O6S/c1-46-31-23-21-30(22-24-31)41(39(43)38-33-14-6-8-16-35(33)40-36-17-9-7-15-34(36)38)48(44,45)32-25-19-28(20-26-32)11-5-10-18-37(42)47-27-29-12-3-2-4-13-29/h2-4,6-9,12-17,19-26H,5,10-11,18,27H2,1H3. The van der Waals surface area contributed by atoms with Gasteiger partial charge in [0, 0.05) is 17.2 Å². The highest BCUT2D eigenvalue weighted by atomic mass is 32.2. The lowest BCUT2D eigenvalue weighted by Gasteiger charge is -2.24. The molecule has 242 valence electrons. The third-order valence-electron chi connectivity index (χ3n) is 8.09. The number of benzene rings is 5. The fraction of sp³-hybridized carbons (Fsp3) is 0.154. The van der Waals surface area contributed by atoms with Crippen LogP contribution < -0.4 is 9.04 Å². The predicted octanol–water partition coefficient (Wildman–Crippen LogP) is 7.89. The second kappa shape index (κ2) is 14.5. The Labute approximate surface area is 279 Å². The summed E-state index contributed by atoms with van der Waals surface area (Å²) in [6.07, 6.45) is 2.32. The minimum Gasteiger partial charge on any atom is -0.497 e. The van der Waals surface area contributed by atoms with Crippen molar-refractivity contribution in [2.75, 3.05) is 11.4 Å². The maximum absolute atomic E-state index is 14.6. The van der Waals surface area contributed by atoms with E-state index in [1.54, 1.807) is 72.8 Å². The summed E-state index contributed by atoms with van der Waals surface area (Å²) in [6, 6.07) is 36.8. The fourth-order valence-corrected chi connectivity index (χ4v) is 7.00. The van der Waals surface area contributed by atoms with Gasteiger partial charge in [0.05, 0.1) is 34.3 Å². The van der Waals surface area contributed by atoms with E-state index in [-0.39, 0.29) is 28.7 Å². The van der Waals surface area contributed by atoms with Gasteiger partial charge in [-0.05, 0) is 78.9 Å². The number of esters is 1. The molecule has 5 aromatic carbocycles. The molecule has 0 spiro atoms. The highest BCUT2D eigenvalue weighted by Crippen LogP contribution is 2.33. The van der Waals surface area contributed by atoms with Crippen LogP contribution in [0.5, 0.6) is 5.75 Å². The molecule has 0 radical (unpaired) electrons. The number of methoxy groups -OCH3 is 1. The maximum Gasteiger partial charge on any atom is 0.306 e. The van der Waals surface area contributed by atoms with Gasteiger partial charge in [-0.1, -0.05) is 78.9 Å². The summed E-state index contributed by atoms with van der Waals surface area (Å²) >= 11 is 0. The lowest BCUT2D eigenvalue weighted by Crippen LogP contribution is -2.37. The van der Waals surface area contributed by atoms with Gasteiger partial charge in [-0.25, -0.2) is 13.4 Å². The Morgan fingerprint density at radius 3 is 1.92 bits per heavy atom. The van der Waals surface area contributed by atoms with Gasteiger partial charge in [-0.3, -0.25) is 9.59 Å². The third-order valence-corrected chi connectivity index (χ3v) is 9.82. The maximum atomic E-state index is 14.6. The van der Waals surface area contributed by atoms with Crippen LogP contribution in [0.4, 0.5) is 5.69 Å². The molecule has 0 fully saturated rings. The first-order valence-corrected chi connectivity index (χ1v) is 17.1. The van der Waals surface area contributed by atoms with Gasteiger partial charge < -0.3 is 9.47 Å². The molecule has 0 aliphatic rings. The van der Waals surface area contributed by atoms with E-state index in [1.165, 1.54) is 19.2 Å². The number of para-hydroxylation sites is 2. The number of aromatic nitrogens is 1. The molecule has 9 heteroatoms. The molecule has 0 aliphatic heterocycles. The van der Waals surface area contributed by atoms with E-state index in [4.69, 9.17) is 14.5 Å². The minimum absolute atomic E-state index is 0.0254. The molecular weight excluding hydrogens is 625 g/mol. The number of anilines is 1. The van der Waals surface area contributed by atoms with Crippen molar-refractivity contribution in [2.24, 2.45) is 0 Å². The minimum atomic E-state index is -4.38. The molecule has 1 heterocycles. The predicted molar refractivity (Wildman–Crippen MR) is 186 cm³/mol. The lowest BCUT2D eigenvalue weighted by molar-refractivity contribution is -0.145. The first-order valence-electron chi connectivity index (χ1n) is 15.6. The van der Waals surface area contributed by atoms with Crippen LogP contribution in [-0.4, -0.2) is 32.4 Å². The topological polar surface area (TPSA) is 103 Å². The Morgan fingerprint density at radius 2 is 1.29 bits per heavy atom. The molecule has 0 aliphatic carbocycles. The molecule has 0 saturated heterocycles. The highest BCUT2D eigenvalue weighted by molar-refractivity contribution is 7.93. The second-order valence-corrected chi connectivity index (χ2v) is 13.1. The molecule has 1 aromatic heterocycles. The lowest BCUT2D eigenvalue weighted by atomic mass is 10.0. The number of hydrogen-bond donors (Lipinski definition) is 0. The van der Waals surface area contributed by atoms with E-state index in [2.05, 4.69) is 0 Å². The van der Waals surface area contributed by atoms with Gasteiger partial charge in [0.2, 0.25) is 0 Å². The number of pyridine rings is 1. The third kappa shape index (κ3) is 7.06. The number of nitrogens with zero attached hydrogens (tertiary/aromatic N) is 2. The highest BCUT2D eigenvalue weighted by Gasteiger charge is 2.34. The number of aryl methyl sites for hydroxylation is 1. The van der Waals surface area contributed by atoms with Crippen LogP contribution in [-0.2, 0) is 32.6 Å². The van der Waals surface area contributed by atoms with E-state index in [1.807, 2.05) is 42.5 Å². The van der Waals surface area contributed by atoms with Crippen molar-refractivity contribution >= 4 is 49.4 Å². The van der Waals surface area contributed by atoms with Crippen LogP contribution in [0.1, 0.15) is 40.7 Å². The zero-order valence-electron chi connectivity index (χ0n) is 26.4. The Hall–Kier alpha value is -5.54. The average Bonchev–Trinajstić information content (AvgIpc) is 3.12. The van der Waals surface area contributed by atoms with Crippen LogP contribution in [0, 0.1) is 0 Å². The van der Waals surface area contributed by atoms with Gasteiger partial charge >= 0.3 is 5.97 Å². The smallest absolute Gasteiger partial charge is 0.306 e. The number of ether oxygens (including phenoxy) is 2. The summed E-state index contributed by atoms with van der Waals surface area (Å²) in [6.45, 7) is 0.249. The molecule has 6 aromatic rings. The summed E-state index contributed by atoms with van der Waals surface area (Å²) in [7, 11) is -2.86. The van der Waals surface area contributed by atoms with E-state index in [0.29, 0.717) is 46.8 Å². The molecule has 0 saturated carbocycles. The molecular formula is C39H34N2O6S. The molecule has 1 amide bonds. The Morgan fingerprint density at radius 1 is 0.688 bits per heavy atom. The first-order chi connectivity index (χ1) is 23.3. The van der Waals surface area contributed by atoms with Crippen molar-refractivity contribution in [1.29, 1.82) is 0 Å². The van der Waals surface area contributed by atoms with Crippen molar-refractivity contribution in [3.8, 4) is 5.75 Å². The van der Waals surface area contributed by atoms with Crippen LogP contribution in [0.25, 0.3) is 21.8 Å². The van der Waals surface area contributed by atoms with Crippen molar-refractivity contribution < 1.29 is 27.5 Å². The van der Waals surface area contributed by atoms with E-state index < -0.39 is 15.9 Å². The summed E-state index contributed by atoms with van der Waals surface area (Å²) < 4.78 is 40.3. The SMILES string of the molecule is COc1ccc(N(C(=O)c2c3ccccc3nc3ccccc23)S(=O)(=O)c2ccc(CCCCC(=O)OCc3ccccc3)cc2)cc1. The molecule has 8 nitrogen and oxygen atoms in total. The van der Waals surface area contributed by atoms with Crippen molar-refractivity contribution in [2.45, 2.75) is 37.2 Å². The summed E-state index contributed by atoms with van der Waals surface area (Å²) in [5.41, 5.74) is 3.44. The Balaban J connectivity index is 1.24. The van der Waals surface area contributed by atoms with Gasteiger partial charge in [-0.2, -0.15) is 4.31 Å². The number of unbranched alkanes of at least 4 members (excludes halogenated alkanes) is 1. The Kier molecular flexibility index (Phi) is 9.78. The van der Waals surface area contributed by atoms with Crippen LogP contribution in [0.2, 0.25) is 0 Å². The molecule has 0 N–H and O–H groups in total. The van der Waals surface area contributed by atoms with Crippen molar-refractivity contribution in [3.05, 3.63) is 144 Å². The van der Waals surface area contributed by atoms with Crippen LogP contribution in [0.3, 0.4) is 0 Å². The van der Waals surface area contributed by atoms with Crippen LogP contribution >= 0.6 is 0 Å². The molecule has 0 atom stereocenters. The van der Waals surface area contributed by atoms with Crippen molar-refractivity contribution in [3.63, 3.8) is 0 Å². The zero-order valence-corrected chi connectivity index (χ0v) is 27.2. The number of amides is 1. The molecule has 0 unspecified atom stereocenters. The first kappa shape index (κ1) is 32.4. The number of fused-ring (bicyclic) bond motifs is 2. The fourth-order valence-electron chi connectivity index (χ4n) is 5.60. The largest absolute Gasteiger partial charge is 0.497 e. The summed E-state index contributed by atoms with van der Waals surface area (Å²) in [4.78, 5) is 31.5. The molecule has 0 bridgehead atoms. The monoisotopic (exact) mass is 658 g/mol. The second-order valence-electron chi connectivity index (χ2n) is 11.3. The van der Waals surface area contributed by atoms with Gasteiger partial charge in [-0.15, -0.1) is 0 Å². The normalized spacial score (nSPS) is 11.4. The summed E-state index contributed by atoms with van der Waals surface area (Å²) in [5, 5.41) is 1.10. The van der Waals surface area contributed by atoms with Gasteiger partial charge in [0.15, 0.2) is 0 Å². The van der Waals surface area contributed by atoms with Gasteiger partial charge in [0.1, 0.15) is 12.4 Å². The number of sulfonamides is 1.